The maximum atomic E-state index is 12.8. The summed E-state index contributed by atoms with van der Waals surface area (Å²) in [4.78, 5) is 23.5. The van der Waals surface area contributed by atoms with Crippen molar-refractivity contribution in [2.45, 2.75) is 13.3 Å². The standard InChI is InChI=1S/C17H17FN2O2/c1-12-4-2-3-5-15(12)20-17(22)11-19-16(21)10-13-6-8-14(18)9-7-13/h2-9H,10-11H2,1H3,(H,19,21)(H,20,22). The van der Waals surface area contributed by atoms with Crippen LogP contribution in [0.3, 0.4) is 0 Å². The summed E-state index contributed by atoms with van der Waals surface area (Å²) in [5, 5.41) is 5.27. The van der Waals surface area contributed by atoms with Crippen molar-refractivity contribution < 1.29 is 14.0 Å². The lowest BCUT2D eigenvalue weighted by Crippen LogP contribution is -2.33. The molecule has 2 amide bonds. The van der Waals surface area contributed by atoms with Gasteiger partial charge in [-0.3, -0.25) is 9.59 Å². The predicted molar refractivity (Wildman–Crippen MR) is 82.9 cm³/mol. The Kier molecular flexibility index (Phi) is 5.25. The fourth-order valence-corrected chi connectivity index (χ4v) is 1.94. The smallest absolute Gasteiger partial charge is 0.243 e. The molecule has 0 spiro atoms. The molecule has 0 saturated heterocycles. The number of para-hydroxylation sites is 1. The van der Waals surface area contributed by atoms with Crippen LogP contribution >= 0.6 is 0 Å². The molecule has 0 bridgehead atoms. The molecule has 0 aliphatic heterocycles. The molecule has 0 aromatic heterocycles. The van der Waals surface area contributed by atoms with Crippen molar-refractivity contribution in [3.8, 4) is 0 Å². The average molecular weight is 300 g/mol. The summed E-state index contributed by atoms with van der Waals surface area (Å²) in [7, 11) is 0. The van der Waals surface area contributed by atoms with E-state index in [1.807, 2.05) is 25.1 Å². The van der Waals surface area contributed by atoms with Crippen molar-refractivity contribution in [1.82, 2.24) is 5.32 Å². The second-order valence-corrected chi connectivity index (χ2v) is 4.94. The molecule has 0 aliphatic carbocycles. The summed E-state index contributed by atoms with van der Waals surface area (Å²) < 4.78 is 12.8. The van der Waals surface area contributed by atoms with Crippen LogP contribution < -0.4 is 10.6 Å². The van der Waals surface area contributed by atoms with Crippen LogP contribution in [-0.2, 0) is 16.0 Å². The van der Waals surface area contributed by atoms with Crippen molar-refractivity contribution in [2.75, 3.05) is 11.9 Å². The van der Waals surface area contributed by atoms with Crippen molar-refractivity contribution in [3.63, 3.8) is 0 Å². The second kappa shape index (κ2) is 7.36. The zero-order valence-electron chi connectivity index (χ0n) is 12.2. The summed E-state index contributed by atoms with van der Waals surface area (Å²) in [5.41, 5.74) is 2.37. The number of carbonyl (C=O) groups excluding carboxylic acids is 2. The van der Waals surface area contributed by atoms with Crippen LogP contribution in [0.1, 0.15) is 11.1 Å². The van der Waals surface area contributed by atoms with Gasteiger partial charge >= 0.3 is 0 Å². The van der Waals surface area contributed by atoms with Gasteiger partial charge in [-0.15, -0.1) is 0 Å². The number of aryl methyl sites for hydroxylation is 1. The Morgan fingerprint density at radius 2 is 1.68 bits per heavy atom. The van der Waals surface area contributed by atoms with Gasteiger partial charge in [0.15, 0.2) is 0 Å². The molecule has 2 rings (SSSR count). The Balaban J connectivity index is 1.79. The van der Waals surface area contributed by atoms with E-state index in [-0.39, 0.29) is 30.6 Å². The molecule has 0 saturated carbocycles. The first-order valence-electron chi connectivity index (χ1n) is 6.91. The molecule has 0 fully saturated rings. The summed E-state index contributed by atoms with van der Waals surface area (Å²) in [6.07, 6.45) is 0.109. The van der Waals surface area contributed by atoms with Gasteiger partial charge in [-0.05, 0) is 36.2 Å². The molecule has 114 valence electrons. The lowest BCUT2D eigenvalue weighted by Gasteiger charge is -2.09. The third kappa shape index (κ3) is 4.70. The second-order valence-electron chi connectivity index (χ2n) is 4.94. The molecular formula is C17H17FN2O2. The largest absolute Gasteiger partial charge is 0.347 e. The Morgan fingerprint density at radius 1 is 1.00 bits per heavy atom. The van der Waals surface area contributed by atoms with Crippen LogP contribution in [-0.4, -0.2) is 18.4 Å². The van der Waals surface area contributed by atoms with Gasteiger partial charge in [0.2, 0.25) is 11.8 Å². The maximum absolute atomic E-state index is 12.8. The summed E-state index contributed by atoms with van der Waals surface area (Å²) in [6.45, 7) is 1.79. The van der Waals surface area contributed by atoms with Gasteiger partial charge in [-0.25, -0.2) is 4.39 Å². The summed E-state index contributed by atoms with van der Waals surface area (Å²) in [5.74, 6) is -0.921. The summed E-state index contributed by atoms with van der Waals surface area (Å²) in [6, 6.07) is 13.1. The van der Waals surface area contributed by atoms with E-state index in [2.05, 4.69) is 10.6 Å². The van der Waals surface area contributed by atoms with Gasteiger partial charge in [0, 0.05) is 5.69 Å². The highest BCUT2D eigenvalue weighted by Crippen LogP contribution is 2.12. The highest BCUT2D eigenvalue weighted by atomic mass is 19.1. The maximum Gasteiger partial charge on any atom is 0.243 e. The van der Waals surface area contributed by atoms with Gasteiger partial charge in [-0.1, -0.05) is 30.3 Å². The zero-order valence-corrected chi connectivity index (χ0v) is 12.2. The van der Waals surface area contributed by atoms with Crippen LogP contribution in [0.4, 0.5) is 10.1 Å². The van der Waals surface area contributed by atoms with Gasteiger partial charge < -0.3 is 10.6 Å². The van der Waals surface area contributed by atoms with Crippen molar-refractivity contribution in [3.05, 3.63) is 65.5 Å². The molecule has 2 aromatic carbocycles. The minimum atomic E-state index is -0.346. The molecule has 0 atom stereocenters. The fourth-order valence-electron chi connectivity index (χ4n) is 1.94. The topological polar surface area (TPSA) is 58.2 Å². The zero-order chi connectivity index (χ0) is 15.9. The van der Waals surface area contributed by atoms with E-state index in [0.717, 1.165) is 11.3 Å². The van der Waals surface area contributed by atoms with Crippen LogP contribution in [0, 0.1) is 12.7 Å². The van der Waals surface area contributed by atoms with E-state index in [1.54, 1.807) is 18.2 Å². The Labute approximate surface area is 128 Å². The van der Waals surface area contributed by atoms with Crippen LogP contribution in [0.2, 0.25) is 0 Å². The SMILES string of the molecule is Cc1ccccc1NC(=O)CNC(=O)Cc1ccc(F)cc1. The molecular weight excluding hydrogens is 283 g/mol. The number of hydrogen-bond acceptors (Lipinski definition) is 2. The number of nitrogens with one attached hydrogen (secondary N) is 2. The predicted octanol–water partition coefficient (Wildman–Crippen LogP) is 2.43. The molecule has 2 N–H and O–H groups in total. The highest BCUT2D eigenvalue weighted by Gasteiger charge is 2.08. The molecule has 22 heavy (non-hydrogen) atoms. The summed E-state index contributed by atoms with van der Waals surface area (Å²) >= 11 is 0. The number of carbonyl (C=O) groups is 2. The lowest BCUT2D eigenvalue weighted by molar-refractivity contribution is -0.123. The molecule has 5 heteroatoms. The van der Waals surface area contributed by atoms with Gasteiger partial charge in [0.25, 0.3) is 0 Å². The quantitative estimate of drug-likeness (QED) is 0.891. The number of rotatable bonds is 5. The molecule has 4 nitrogen and oxygen atoms in total. The van der Waals surface area contributed by atoms with Crippen molar-refractivity contribution in [2.24, 2.45) is 0 Å². The first kappa shape index (κ1) is 15.7. The number of halogens is 1. The van der Waals surface area contributed by atoms with Crippen molar-refractivity contribution >= 4 is 17.5 Å². The lowest BCUT2D eigenvalue weighted by atomic mass is 10.1. The minimum Gasteiger partial charge on any atom is -0.347 e. The van der Waals surface area contributed by atoms with E-state index in [1.165, 1.54) is 12.1 Å². The van der Waals surface area contributed by atoms with E-state index < -0.39 is 0 Å². The molecule has 0 aliphatic rings. The van der Waals surface area contributed by atoms with E-state index in [9.17, 15) is 14.0 Å². The van der Waals surface area contributed by atoms with Gasteiger partial charge in [-0.2, -0.15) is 0 Å². The first-order valence-corrected chi connectivity index (χ1v) is 6.91. The van der Waals surface area contributed by atoms with Crippen LogP contribution in [0.5, 0.6) is 0 Å². The monoisotopic (exact) mass is 300 g/mol. The van der Waals surface area contributed by atoms with Gasteiger partial charge in [0.1, 0.15) is 5.82 Å². The third-order valence-electron chi connectivity index (χ3n) is 3.14. The van der Waals surface area contributed by atoms with E-state index >= 15 is 0 Å². The van der Waals surface area contributed by atoms with Crippen LogP contribution in [0.25, 0.3) is 0 Å². The minimum absolute atomic E-state index is 0.103. The Morgan fingerprint density at radius 3 is 2.36 bits per heavy atom. The highest BCUT2D eigenvalue weighted by molar-refractivity contribution is 5.95. The number of benzene rings is 2. The molecule has 0 unspecified atom stereocenters. The number of amides is 2. The van der Waals surface area contributed by atoms with Crippen molar-refractivity contribution in [1.29, 1.82) is 0 Å². The normalized spacial score (nSPS) is 10.1. The fraction of sp³-hybridized carbons (Fsp3) is 0.176. The Hall–Kier alpha value is -2.69. The average Bonchev–Trinajstić information content (AvgIpc) is 2.50. The number of anilines is 1. The molecule has 0 radical (unpaired) electrons. The van der Waals surface area contributed by atoms with Crippen LogP contribution in [0.15, 0.2) is 48.5 Å². The molecule has 2 aromatic rings. The number of hydrogen-bond donors (Lipinski definition) is 2. The van der Waals surface area contributed by atoms with Gasteiger partial charge in [0.05, 0.1) is 13.0 Å². The van der Waals surface area contributed by atoms with E-state index in [4.69, 9.17) is 0 Å². The molecule has 0 heterocycles. The van der Waals surface area contributed by atoms with E-state index in [0.29, 0.717) is 5.56 Å². The Bertz CT molecular complexity index is 669. The first-order chi connectivity index (χ1) is 10.5. The third-order valence-corrected chi connectivity index (χ3v) is 3.14.